The van der Waals surface area contributed by atoms with E-state index in [2.05, 4.69) is 10.6 Å². The van der Waals surface area contributed by atoms with Crippen molar-refractivity contribution in [2.45, 2.75) is 25.4 Å². The molecule has 5 nitrogen and oxygen atoms in total. The Morgan fingerprint density at radius 3 is 2.43 bits per heavy atom. The molecule has 0 aliphatic carbocycles. The van der Waals surface area contributed by atoms with Crippen molar-refractivity contribution in [1.29, 1.82) is 0 Å². The summed E-state index contributed by atoms with van der Waals surface area (Å²) in [5, 5.41) is 5.59. The van der Waals surface area contributed by atoms with Gasteiger partial charge in [-0.1, -0.05) is 53.5 Å². The van der Waals surface area contributed by atoms with Crippen molar-refractivity contribution >= 4 is 35.0 Å². The van der Waals surface area contributed by atoms with E-state index in [0.29, 0.717) is 5.56 Å². The highest BCUT2D eigenvalue weighted by atomic mass is 35.5. The number of furan rings is 1. The summed E-state index contributed by atoms with van der Waals surface area (Å²) in [5.74, 6) is -1.50. The SMILES string of the molecule is CC(NC(=O)C(Cc1ccccc1)NC(=O)c1ccco1)c1cc(F)c(Cl)cc1Cl. The lowest BCUT2D eigenvalue weighted by Crippen LogP contribution is -2.48. The van der Waals surface area contributed by atoms with Gasteiger partial charge in [0.25, 0.3) is 5.91 Å². The molecule has 2 N–H and O–H groups in total. The summed E-state index contributed by atoms with van der Waals surface area (Å²) < 4.78 is 19.0. The monoisotopic (exact) mass is 448 g/mol. The van der Waals surface area contributed by atoms with E-state index in [1.54, 1.807) is 13.0 Å². The fourth-order valence-corrected chi connectivity index (χ4v) is 3.50. The Morgan fingerprint density at radius 1 is 1.03 bits per heavy atom. The first-order valence-electron chi connectivity index (χ1n) is 9.18. The van der Waals surface area contributed by atoms with Crippen molar-refractivity contribution in [1.82, 2.24) is 10.6 Å². The second-order valence-corrected chi connectivity index (χ2v) is 7.53. The smallest absolute Gasteiger partial charge is 0.287 e. The quantitative estimate of drug-likeness (QED) is 0.502. The molecule has 8 heteroatoms. The Bertz CT molecular complexity index is 1030. The molecule has 0 aliphatic rings. The maximum atomic E-state index is 13.9. The van der Waals surface area contributed by atoms with Crippen molar-refractivity contribution in [3.8, 4) is 0 Å². The van der Waals surface area contributed by atoms with Gasteiger partial charge in [-0.05, 0) is 42.3 Å². The van der Waals surface area contributed by atoms with Crippen LogP contribution in [0.5, 0.6) is 0 Å². The third-order valence-electron chi connectivity index (χ3n) is 4.51. The third-order valence-corrected chi connectivity index (χ3v) is 5.13. The predicted octanol–water partition coefficient (Wildman–Crippen LogP) is 4.94. The largest absolute Gasteiger partial charge is 0.459 e. The van der Waals surface area contributed by atoms with Crippen molar-refractivity contribution in [3.05, 3.63) is 93.6 Å². The Labute approximate surface area is 183 Å². The number of hydrogen-bond donors (Lipinski definition) is 2. The standard InChI is InChI=1S/C22H19Cl2FN2O3/c1-13(15-11-18(25)17(24)12-16(15)23)26-21(28)19(10-14-6-3-2-4-7-14)27-22(29)20-8-5-9-30-20/h2-9,11-13,19H,10H2,1H3,(H,26,28)(H,27,29). The Hall–Kier alpha value is -2.83. The van der Waals surface area contributed by atoms with E-state index in [0.717, 1.165) is 5.56 Å². The Morgan fingerprint density at radius 2 is 1.77 bits per heavy atom. The van der Waals surface area contributed by atoms with Gasteiger partial charge in [-0.25, -0.2) is 4.39 Å². The van der Waals surface area contributed by atoms with Crippen LogP contribution in [0.15, 0.2) is 65.3 Å². The number of carbonyl (C=O) groups excluding carboxylic acids is 2. The number of hydrogen-bond acceptors (Lipinski definition) is 3. The molecule has 0 saturated carbocycles. The summed E-state index contributed by atoms with van der Waals surface area (Å²) >= 11 is 11.9. The summed E-state index contributed by atoms with van der Waals surface area (Å²) in [6, 6.07) is 13.3. The molecule has 2 atom stereocenters. The summed E-state index contributed by atoms with van der Waals surface area (Å²) in [6.07, 6.45) is 1.63. The van der Waals surface area contributed by atoms with Crippen LogP contribution in [-0.4, -0.2) is 17.9 Å². The van der Waals surface area contributed by atoms with E-state index >= 15 is 0 Å². The van der Waals surface area contributed by atoms with Crippen molar-refractivity contribution in [3.63, 3.8) is 0 Å². The first-order chi connectivity index (χ1) is 14.3. The normalized spacial score (nSPS) is 12.8. The molecule has 0 aliphatic heterocycles. The molecule has 0 spiro atoms. The molecule has 156 valence electrons. The molecule has 0 bridgehead atoms. The van der Waals surface area contributed by atoms with Crippen LogP contribution in [0.3, 0.4) is 0 Å². The lowest BCUT2D eigenvalue weighted by atomic mass is 10.0. The molecule has 0 fully saturated rings. The zero-order valence-corrected chi connectivity index (χ0v) is 17.5. The highest BCUT2D eigenvalue weighted by molar-refractivity contribution is 6.35. The predicted molar refractivity (Wildman–Crippen MR) is 113 cm³/mol. The molecule has 1 heterocycles. The number of benzene rings is 2. The maximum absolute atomic E-state index is 13.9. The van der Waals surface area contributed by atoms with Gasteiger partial charge in [-0.3, -0.25) is 9.59 Å². The minimum atomic E-state index is -0.886. The van der Waals surface area contributed by atoms with E-state index in [-0.39, 0.29) is 22.2 Å². The fraction of sp³-hybridized carbons (Fsp3) is 0.182. The van der Waals surface area contributed by atoms with Gasteiger partial charge in [-0.2, -0.15) is 0 Å². The van der Waals surface area contributed by atoms with E-state index in [1.807, 2.05) is 30.3 Å². The molecule has 2 amide bonds. The molecule has 2 aromatic carbocycles. The number of halogens is 3. The average Bonchev–Trinajstić information content (AvgIpc) is 3.26. The number of nitrogens with one attached hydrogen (secondary N) is 2. The van der Waals surface area contributed by atoms with Gasteiger partial charge in [0.15, 0.2) is 5.76 Å². The van der Waals surface area contributed by atoms with Crippen molar-refractivity contribution in [2.75, 3.05) is 0 Å². The Kier molecular flexibility index (Phi) is 7.13. The lowest BCUT2D eigenvalue weighted by molar-refractivity contribution is -0.123. The molecule has 0 radical (unpaired) electrons. The third kappa shape index (κ3) is 5.40. The summed E-state index contributed by atoms with van der Waals surface area (Å²) in [5.41, 5.74) is 1.24. The van der Waals surface area contributed by atoms with Crippen molar-refractivity contribution < 1.29 is 18.4 Å². The molecular formula is C22H19Cl2FN2O3. The van der Waals surface area contributed by atoms with Crippen LogP contribution in [-0.2, 0) is 11.2 Å². The first kappa shape index (κ1) is 21.9. The zero-order valence-electron chi connectivity index (χ0n) is 16.0. The number of amides is 2. The molecule has 2 unspecified atom stereocenters. The van der Waals surface area contributed by atoms with Crippen molar-refractivity contribution in [2.24, 2.45) is 0 Å². The van der Waals surface area contributed by atoms with Crippen LogP contribution in [0.1, 0.15) is 34.6 Å². The fourth-order valence-electron chi connectivity index (χ4n) is 2.96. The zero-order chi connectivity index (χ0) is 21.7. The molecule has 3 aromatic rings. The minimum absolute atomic E-state index is 0.0942. The number of rotatable bonds is 7. The van der Waals surface area contributed by atoms with E-state index in [4.69, 9.17) is 27.6 Å². The van der Waals surface area contributed by atoms with Gasteiger partial charge in [0, 0.05) is 11.4 Å². The van der Waals surface area contributed by atoms with Crippen LogP contribution in [0.4, 0.5) is 4.39 Å². The molecule has 3 rings (SSSR count). The molecule has 1 aromatic heterocycles. The van der Waals surface area contributed by atoms with Gasteiger partial charge in [0.2, 0.25) is 5.91 Å². The highest BCUT2D eigenvalue weighted by Crippen LogP contribution is 2.28. The molecule has 30 heavy (non-hydrogen) atoms. The first-order valence-corrected chi connectivity index (χ1v) is 9.94. The van der Waals surface area contributed by atoms with Crippen LogP contribution in [0, 0.1) is 5.82 Å². The molecule has 0 saturated heterocycles. The van der Waals surface area contributed by atoms with Gasteiger partial charge >= 0.3 is 0 Å². The van der Waals surface area contributed by atoms with Crippen LogP contribution < -0.4 is 10.6 Å². The maximum Gasteiger partial charge on any atom is 0.287 e. The average molecular weight is 449 g/mol. The topological polar surface area (TPSA) is 71.3 Å². The van der Waals surface area contributed by atoms with E-state index in [1.165, 1.54) is 24.5 Å². The highest BCUT2D eigenvalue weighted by Gasteiger charge is 2.25. The second-order valence-electron chi connectivity index (χ2n) is 6.71. The summed E-state index contributed by atoms with van der Waals surface area (Å²) in [4.78, 5) is 25.4. The van der Waals surface area contributed by atoms with Gasteiger partial charge < -0.3 is 15.1 Å². The van der Waals surface area contributed by atoms with Gasteiger partial charge in [0.1, 0.15) is 11.9 Å². The van der Waals surface area contributed by atoms with Gasteiger partial charge in [0.05, 0.1) is 17.3 Å². The van der Waals surface area contributed by atoms with Crippen LogP contribution in [0.25, 0.3) is 0 Å². The van der Waals surface area contributed by atoms with Crippen LogP contribution >= 0.6 is 23.2 Å². The second kappa shape index (κ2) is 9.78. The van der Waals surface area contributed by atoms with Gasteiger partial charge in [-0.15, -0.1) is 0 Å². The number of carbonyl (C=O) groups is 2. The summed E-state index contributed by atoms with van der Waals surface area (Å²) in [7, 11) is 0. The summed E-state index contributed by atoms with van der Waals surface area (Å²) in [6.45, 7) is 1.67. The lowest BCUT2D eigenvalue weighted by Gasteiger charge is -2.22. The van der Waals surface area contributed by atoms with E-state index in [9.17, 15) is 14.0 Å². The van der Waals surface area contributed by atoms with Crippen LogP contribution in [0.2, 0.25) is 10.0 Å². The van der Waals surface area contributed by atoms with E-state index < -0.39 is 29.7 Å². The minimum Gasteiger partial charge on any atom is -0.459 e. The molecular weight excluding hydrogens is 430 g/mol. The Balaban J connectivity index is 1.78.